The van der Waals surface area contributed by atoms with E-state index in [9.17, 15) is 4.79 Å². The number of nitrogens with zero attached hydrogens (tertiary/aromatic N) is 1. The number of rotatable bonds is 2. The van der Waals surface area contributed by atoms with Gasteiger partial charge >= 0.3 is 0 Å². The normalized spacial score (nSPS) is 18.7. The van der Waals surface area contributed by atoms with Crippen molar-refractivity contribution in [1.82, 2.24) is 4.90 Å². The van der Waals surface area contributed by atoms with Crippen LogP contribution < -0.4 is 0 Å². The van der Waals surface area contributed by atoms with E-state index in [0.29, 0.717) is 5.78 Å². The molecule has 2 heteroatoms. The van der Waals surface area contributed by atoms with Gasteiger partial charge in [0.25, 0.3) is 0 Å². The summed E-state index contributed by atoms with van der Waals surface area (Å²) in [5, 5.41) is 0. The van der Waals surface area contributed by atoms with Crippen LogP contribution in [0.3, 0.4) is 0 Å². The second-order valence-corrected chi connectivity index (χ2v) is 2.98. The van der Waals surface area contributed by atoms with E-state index < -0.39 is 0 Å². The molecule has 0 unspecified atom stereocenters. The Morgan fingerprint density at radius 3 is 1.64 bits per heavy atom. The fourth-order valence-corrected chi connectivity index (χ4v) is 1.23. The molecular formula is C9H19NO. The molecule has 0 aromatic heterocycles. The Balaban J connectivity index is 0.000000461. The Morgan fingerprint density at radius 1 is 1.27 bits per heavy atom. The summed E-state index contributed by atoms with van der Waals surface area (Å²) in [7, 11) is 3.93. The molecule has 0 bridgehead atoms. The van der Waals surface area contributed by atoms with Crippen LogP contribution in [0.25, 0.3) is 0 Å². The highest BCUT2D eigenvalue weighted by Gasteiger charge is 2.49. The number of likely N-dealkylation sites (N-methyl/N-ethyl adjacent to an activating group) is 1. The first kappa shape index (κ1) is 10.6. The Hall–Kier alpha value is -0.370. The zero-order valence-corrected chi connectivity index (χ0v) is 8.27. The molecule has 11 heavy (non-hydrogen) atoms. The van der Waals surface area contributed by atoms with Crippen LogP contribution in [-0.2, 0) is 4.79 Å². The van der Waals surface area contributed by atoms with Crippen molar-refractivity contribution in [2.75, 3.05) is 14.1 Å². The zero-order valence-electron chi connectivity index (χ0n) is 8.27. The second-order valence-electron chi connectivity index (χ2n) is 2.98. The van der Waals surface area contributed by atoms with E-state index in [1.54, 1.807) is 6.92 Å². The molecule has 1 aliphatic carbocycles. The van der Waals surface area contributed by atoms with E-state index in [1.165, 1.54) is 0 Å². The maximum Gasteiger partial charge on any atom is 0.149 e. The summed E-state index contributed by atoms with van der Waals surface area (Å²) >= 11 is 0. The Bertz CT molecular complexity index is 136. The van der Waals surface area contributed by atoms with E-state index in [2.05, 4.69) is 0 Å². The molecule has 1 rings (SSSR count). The average Bonchev–Trinajstić information content (AvgIpc) is 2.70. The molecule has 0 heterocycles. The van der Waals surface area contributed by atoms with Gasteiger partial charge in [-0.05, 0) is 33.9 Å². The maximum atomic E-state index is 10.9. The first-order valence-electron chi connectivity index (χ1n) is 4.28. The SMILES string of the molecule is CC.CC(=O)C1(N(C)C)CC1. The van der Waals surface area contributed by atoms with Gasteiger partial charge < -0.3 is 0 Å². The molecule has 0 aliphatic heterocycles. The minimum atomic E-state index is -0.0556. The molecule has 0 aromatic carbocycles. The minimum Gasteiger partial charge on any atom is -0.298 e. The summed E-state index contributed by atoms with van der Waals surface area (Å²) in [4.78, 5) is 13.0. The van der Waals surface area contributed by atoms with Crippen molar-refractivity contribution < 1.29 is 4.79 Å². The van der Waals surface area contributed by atoms with Crippen molar-refractivity contribution >= 4 is 5.78 Å². The number of carbonyl (C=O) groups excluding carboxylic acids is 1. The molecule has 0 amide bonds. The van der Waals surface area contributed by atoms with Gasteiger partial charge in [-0.3, -0.25) is 9.69 Å². The van der Waals surface area contributed by atoms with Crippen molar-refractivity contribution in [3.05, 3.63) is 0 Å². The number of Topliss-reactive ketones (excluding diaryl/α,β-unsaturated/α-hetero) is 1. The first-order chi connectivity index (χ1) is 5.09. The molecule has 0 atom stereocenters. The van der Waals surface area contributed by atoms with E-state index in [-0.39, 0.29) is 5.54 Å². The van der Waals surface area contributed by atoms with Crippen molar-refractivity contribution in [1.29, 1.82) is 0 Å². The smallest absolute Gasteiger partial charge is 0.149 e. The third kappa shape index (κ3) is 2.03. The van der Waals surface area contributed by atoms with Crippen LogP contribution in [-0.4, -0.2) is 30.3 Å². The van der Waals surface area contributed by atoms with Gasteiger partial charge in [-0.2, -0.15) is 0 Å². The highest BCUT2D eigenvalue weighted by atomic mass is 16.1. The van der Waals surface area contributed by atoms with Gasteiger partial charge in [0.1, 0.15) is 5.78 Å². The van der Waals surface area contributed by atoms with Gasteiger partial charge in [-0.15, -0.1) is 0 Å². The van der Waals surface area contributed by atoms with Gasteiger partial charge in [0.05, 0.1) is 5.54 Å². The van der Waals surface area contributed by atoms with Crippen LogP contribution in [0, 0.1) is 0 Å². The van der Waals surface area contributed by atoms with Gasteiger partial charge in [0, 0.05) is 0 Å². The minimum absolute atomic E-state index is 0.0556. The fraction of sp³-hybridized carbons (Fsp3) is 0.889. The Labute approximate surface area is 69.6 Å². The van der Waals surface area contributed by atoms with Crippen LogP contribution in [0.5, 0.6) is 0 Å². The molecule has 0 aromatic rings. The predicted molar refractivity (Wildman–Crippen MR) is 47.7 cm³/mol. The summed E-state index contributed by atoms with van der Waals surface area (Å²) < 4.78 is 0. The van der Waals surface area contributed by atoms with Crippen LogP contribution >= 0.6 is 0 Å². The number of carbonyl (C=O) groups is 1. The summed E-state index contributed by atoms with van der Waals surface area (Å²) in [6.45, 7) is 5.67. The quantitative estimate of drug-likeness (QED) is 0.608. The molecule has 1 fully saturated rings. The lowest BCUT2D eigenvalue weighted by Gasteiger charge is -2.19. The van der Waals surface area contributed by atoms with Gasteiger partial charge in [0.2, 0.25) is 0 Å². The second kappa shape index (κ2) is 3.86. The maximum absolute atomic E-state index is 10.9. The van der Waals surface area contributed by atoms with Gasteiger partial charge in [-0.1, -0.05) is 13.8 Å². The predicted octanol–water partition coefficient (Wildman–Crippen LogP) is 1.70. The largest absolute Gasteiger partial charge is 0.298 e. The van der Waals surface area contributed by atoms with E-state index in [1.807, 2.05) is 32.8 Å². The Kier molecular flexibility index (Phi) is 3.73. The van der Waals surface area contributed by atoms with Crippen molar-refractivity contribution in [2.24, 2.45) is 0 Å². The lowest BCUT2D eigenvalue weighted by atomic mass is 10.1. The van der Waals surface area contributed by atoms with E-state index >= 15 is 0 Å². The molecule has 1 aliphatic rings. The van der Waals surface area contributed by atoms with E-state index in [0.717, 1.165) is 12.8 Å². The van der Waals surface area contributed by atoms with Gasteiger partial charge in [0.15, 0.2) is 0 Å². The van der Waals surface area contributed by atoms with E-state index in [4.69, 9.17) is 0 Å². The first-order valence-corrected chi connectivity index (χ1v) is 4.28. The topological polar surface area (TPSA) is 20.3 Å². The summed E-state index contributed by atoms with van der Waals surface area (Å²) in [6, 6.07) is 0. The summed E-state index contributed by atoms with van der Waals surface area (Å²) in [6.07, 6.45) is 2.10. The lowest BCUT2D eigenvalue weighted by Crippen LogP contribution is -2.36. The molecule has 2 nitrogen and oxygen atoms in total. The molecule has 0 saturated heterocycles. The van der Waals surface area contributed by atoms with Crippen LogP contribution in [0.1, 0.15) is 33.6 Å². The summed E-state index contributed by atoms with van der Waals surface area (Å²) in [5.74, 6) is 0.313. The standard InChI is InChI=1S/C7H13NO.C2H6/c1-6(9)7(4-5-7)8(2)3;1-2/h4-5H2,1-3H3;1-2H3. The fourth-order valence-electron chi connectivity index (χ4n) is 1.23. The van der Waals surface area contributed by atoms with Crippen molar-refractivity contribution in [3.8, 4) is 0 Å². The number of hydrogen-bond donors (Lipinski definition) is 0. The molecule has 1 saturated carbocycles. The monoisotopic (exact) mass is 157 g/mol. The number of hydrogen-bond acceptors (Lipinski definition) is 2. The van der Waals surface area contributed by atoms with Crippen LogP contribution in [0.2, 0.25) is 0 Å². The highest BCUT2D eigenvalue weighted by molar-refractivity contribution is 5.89. The molecule has 0 spiro atoms. The molecular weight excluding hydrogens is 138 g/mol. The molecule has 66 valence electrons. The molecule has 0 N–H and O–H groups in total. The van der Waals surface area contributed by atoms with Gasteiger partial charge in [-0.25, -0.2) is 0 Å². The lowest BCUT2D eigenvalue weighted by molar-refractivity contribution is -0.122. The third-order valence-electron chi connectivity index (χ3n) is 2.24. The number of ketones is 1. The van der Waals surface area contributed by atoms with Crippen LogP contribution in [0.15, 0.2) is 0 Å². The Morgan fingerprint density at radius 2 is 1.64 bits per heavy atom. The third-order valence-corrected chi connectivity index (χ3v) is 2.24. The van der Waals surface area contributed by atoms with Crippen molar-refractivity contribution in [2.45, 2.75) is 39.2 Å². The van der Waals surface area contributed by atoms with Crippen molar-refractivity contribution in [3.63, 3.8) is 0 Å². The summed E-state index contributed by atoms with van der Waals surface area (Å²) in [5.41, 5.74) is -0.0556. The highest BCUT2D eigenvalue weighted by Crippen LogP contribution is 2.40. The van der Waals surface area contributed by atoms with Crippen LogP contribution in [0.4, 0.5) is 0 Å². The zero-order chi connectivity index (χ0) is 9.07. The molecule has 0 radical (unpaired) electrons. The average molecular weight is 157 g/mol.